The van der Waals surface area contributed by atoms with E-state index in [1.165, 1.54) is 60.6 Å². The molecular formula is C17H30N2S. The van der Waals surface area contributed by atoms with Gasteiger partial charge in [-0.15, -0.1) is 11.3 Å². The number of aryl methyl sites for hydroxylation is 2. The van der Waals surface area contributed by atoms with E-state index in [4.69, 9.17) is 0 Å². The van der Waals surface area contributed by atoms with E-state index in [1.54, 1.807) is 0 Å². The van der Waals surface area contributed by atoms with Crippen molar-refractivity contribution in [3.8, 4) is 0 Å². The van der Waals surface area contributed by atoms with Gasteiger partial charge in [0.05, 0.1) is 0 Å². The molecule has 20 heavy (non-hydrogen) atoms. The van der Waals surface area contributed by atoms with Crippen LogP contribution in [0.1, 0.15) is 60.9 Å². The van der Waals surface area contributed by atoms with Crippen molar-refractivity contribution in [1.82, 2.24) is 10.2 Å². The molecule has 0 radical (unpaired) electrons. The lowest BCUT2D eigenvalue weighted by Gasteiger charge is -2.34. The Labute approximate surface area is 128 Å². The van der Waals surface area contributed by atoms with E-state index in [0.29, 0.717) is 12.1 Å². The van der Waals surface area contributed by atoms with Crippen molar-refractivity contribution in [2.24, 2.45) is 0 Å². The number of hydrogen-bond donors (Lipinski definition) is 1. The summed E-state index contributed by atoms with van der Waals surface area (Å²) >= 11 is 1.92. The van der Waals surface area contributed by atoms with E-state index in [2.05, 4.69) is 44.0 Å². The number of nitrogens with zero attached hydrogens (tertiary/aromatic N) is 1. The molecule has 1 saturated heterocycles. The van der Waals surface area contributed by atoms with Gasteiger partial charge in [-0.3, -0.25) is 0 Å². The highest BCUT2D eigenvalue weighted by molar-refractivity contribution is 7.12. The third-order valence-electron chi connectivity index (χ3n) is 4.45. The van der Waals surface area contributed by atoms with Gasteiger partial charge >= 0.3 is 0 Å². The monoisotopic (exact) mass is 294 g/mol. The average Bonchev–Trinajstić information content (AvgIpc) is 2.77. The van der Waals surface area contributed by atoms with Gasteiger partial charge in [0, 0.05) is 21.8 Å². The lowest BCUT2D eigenvalue weighted by Crippen LogP contribution is -2.43. The fourth-order valence-corrected chi connectivity index (χ4v) is 4.25. The largest absolute Gasteiger partial charge is 0.307 e. The molecule has 1 aromatic heterocycles. The van der Waals surface area contributed by atoms with Gasteiger partial charge in [0.15, 0.2) is 0 Å². The first-order valence-electron chi connectivity index (χ1n) is 8.15. The molecule has 1 atom stereocenters. The van der Waals surface area contributed by atoms with E-state index >= 15 is 0 Å². The minimum Gasteiger partial charge on any atom is -0.307 e. The van der Waals surface area contributed by atoms with Crippen molar-refractivity contribution >= 4 is 11.3 Å². The molecule has 1 aromatic rings. The maximum atomic E-state index is 3.85. The number of rotatable bonds is 6. The number of piperidine rings is 1. The molecule has 2 rings (SSSR count). The summed E-state index contributed by atoms with van der Waals surface area (Å²) < 4.78 is 0. The number of unbranched alkanes of at least 4 members (excludes halogenated alkanes) is 1. The van der Waals surface area contributed by atoms with Crippen LogP contribution in [-0.2, 0) is 0 Å². The quantitative estimate of drug-likeness (QED) is 0.842. The van der Waals surface area contributed by atoms with E-state index in [9.17, 15) is 0 Å². The number of hydrogen-bond acceptors (Lipinski definition) is 3. The lowest BCUT2D eigenvalue weighted by atomic mass is 10.0. The molecule has 0 aliphatic carbocycles. The molecule has 1 fully saturated rings. The Kier molecular flexibility index (Phi) is 6.06. The second kappa shape index (κ2) is 7.58. The second-order valence-electron chi connectivity index (χ2n) is 6.23. The Morgan fingerprint density at radius 2 is 2.05 bits per heavy atom. The van der Waals surface area contributed by atoms with Crippen molar-refractivity contribution in [1.29, 1.82) is 0 Å². The standard InChI is InChI=1S/C17H30N2S/c1-5-6-9-19-10-7-16(8-11-19)18-14(3)17-12-13(2)20-15(17)4/h12,14,16,18H,5-11H2,1-4H3. The number of likely N-dealkylation sites (tertiary alicyclic amines) is 1. The lowest BCUT2D eigenvalue weighted by molar-refractivity contribution is 0.190. The minimum absolute atomic E-state index is 0.493. The summed E-state index contributed by atoms with van der Waals surface area (Å²) in [4.78, 5) is 5.54. The van der Waals surface area contributed by atoms with Crippen LogP contribution in [0.4, 0.5) is 0 Å². The first-order valence-corrected chi connectivity index (χ1v) is 8.97. The van der Waals surface area contributed by atoms with Crippen LogP contribution in [0, 0.1) is 13.8 Å². The normalized spacial score (nSPS) is 19.4. The molecule has 2 heterocycles. The molecule has 1 aliphatic heterocycles. The van der Waals surface area contributed by atoms with Gasteiger partial charge in [-0.1, -0.05) is 13.3 Å². The van der Waals surface area contributed by atoms with Gasteiger partial charge in [0.2, 0.25) is 0 Å². The zero-order valence-corrected chi connectivity index (χ0v) is 14.4. The Bertz CT molecular complexity index is 405. The third-order valence-corrected chi connectivity index (χ3v) is 5.43. The summed E-state index contributed by atoms with van der Waals surface area (Å²) in [7, 11) is 0. The maximum Gasteiger partial charge on any atom is 0.0305 e. The van der Waals surface area contributed by atoms with Gasteiger partial charge < -0.3 is 10.2 Å². The summed E-state index contributed by atoms with van der Waals surface area (Å²) in [6.07, 6.45) is 5.26. The summed E-state index contributed by atoms with van der Waals surface area (Å²) in [5.74, 6) is 0. The van der Waals surface area contributed by atoms with Gasteiger partial charge in [-0.05, 0) is 71.3 Å². The van der Waals surface area contributed by atoms with Crippen molar-refractivity contribution in [3.05, 3.63) is 21.4 Å². The van der Waals surface area contributed by atoms with Crippen LogP contribution in [-0.4, -0.2) is 30.6 Å². The zero-order valence-electron chi connectivity index (χ0n) is 13.5. The molecule has 0 aromatic carbocycles. The zero-order chi connectivity index (χ0) is 14.5. The van der Waals surface area contributed by atoms with Crippen LogP contribution in [0.25, 0.3) is 0 Å². The highest BCUT2D eigenvalue weighted by Gasteiger charge is 2.21. The first kappa shape index (κ1) is 16.0. The van der Waals surface area contributed by atoms with Crippen LogP contribution >= 0.6 is 11.3 Å². The van der Waals surface area contributed by atoms with E-state index in [-0.39, 0.29) is 0 Å². The van der Waals surface area contributed by atoms with Crippen molar-refractivity contribution in [3.63, 3.8) is 0 Å². The Morgan fingerprint density at radius 1 is 1.35 bits per heavy atom. The molecule has 2 nitrogen and oxygen atoms in total. The summed E-state index contributed by atoms with van der Waals surface area (Å²) in [5, 5.41) is 3.85. The molecule has 114 valence electrons. The predicted molar refractivity (Wildman–Crippen MR) is 89.7 cm³/mol. The molecule has 1 aliphatic rings. The summed E-state index contributed by atoms with van der Waals surface area (Å²) in [6.45, 7) is 12.9. The summed E-state index contributed by atoms with van der Waals surface area (Å²) in [5.41, 5.74) is 1.50. The highest BCUT2D eigenvalue weighted by Crippen LogP contribution is 2.27. The Balaban J connectivity index is 1.79. The predicted octanol–water partition coefficient (Wildman–Crippen LogP) is 4.28. The second-order valence-corrected chi connectivity index (χ2v) is 7.69. The van der Waals surface area contributed by atoms with Gasteiger partial charge in [-0.2, -0.15) is 0 Å². The molecular weight excluding hydrogens is 264 g/mol. The van der Waals surface area contributed by atoms with Crippen molar-refractivity contribution < 1.29 is 0 Å². The number of nitrogens with one attached hydrogen (secondary N) is 1. The molecule has 0 saturated carbocycles. The van der Waals surface area contributed by atoms with Crippen LogP contribution < -0.4 is 5.32 Å². The minimum atomic E-state index is 0.493. The average molecular weight is 295 g/mol. The Hall–Kier alpha value is -0.380. The molecule has 1 N–H and O–H groups in total. The third kappa shape index (κ3) is 4.31. The van der Waals surface area contributed by atoms with E-state index < -0.39 is 0 Å². The van der Waals surface area contributed by atoms with Crippen molar-refractivity contribution in [2.45, 2.75) is 65.5 Å². The molecule has 1 unspecified atom stereocenters. The first-order chi connectivity index (χ1) is 9.60. The van der Waals surface area contributed by atoms with Crippen LogP contribution in [0.2, 0.25) is 0 Å². The smallest absolute Gasteiger partial charge is 0.0305 e. The molecule has 0 amide bonds. The molecule has 0 bridgehead atoms. The Morgan fingerprint density at radius 3 is 2.60 bits per heavy atom. The van der Waals surface area contributed by atoms with Crippen LogP contribution in [0.3, 0.4) is 0 Å². The van der Waals surface area contributed by atoms with Gasteiger partial charge in [0.25, 0.3) is 0 Å². The topological polar surface area (TPSA) is 15.3 Å². The molecule has 0 spiro atoms. The number of thiophene rings is 1. The van der Waals surface area contributed by atoms with E-state index in [1.807, 2.05) is 11.3 Å². The van der Waals surface area contributed by atoms with Crippen molar-refractivity contribution in [2.75, 3.05) is 19.6 Å². The highest BCUT2D eigenvalue weighted by atomic mass is 32.1. The summed E-state index contributed by atoms with van der Waals surface area (Å²) in [6, 6.07) is 3.54. The SMILES string of the molecule is CCCCN1CCC(NC(C)c2cc(C)sc2C)CC1. The van der Waals surface area contributed by atoms with Crippen LogP contribution in [0.15, 0.2) is 6.07 Å². The molecule has 3 heteroatoms. The van der Waals surface area contributed by atoms with E-state index in [0.717, 1.165) is 0 Å². The van der Waals surface area contributed by atoms with Crippen LogP contribution in [0.5, 0.6) is 0 Å². The fraction of sp³-hybridized carbons (Fsp3) is 0.765. The fourth-order valence-electron chi connectivity index (χ4n) is 3.23. The maximum absolute atomic E-state index is 3.85. The van der Waals surface area contributed by atoms with Gasteiger partial charge in [0.1, 0.15) is 0 Å². The van der Waals surface area contributed by atoms with Gasteiger partial charge in [-0.25, -0.2) is 0 Å².